The number of allylic oxidation sites excluding steroid dienone is 1. The number of methoxy groups -OCH3 is 1. The van der Waals surface area contributed by atoms with Crippen molar-refractivity contribution < 1.29 is 14.6 Å². The molecule has 156 valence electrons. The van der Waals surface area contributed by atoms with Crippen LogP contribution in [0.5, 0.6) is 0 Å². The van der Waals surface area contributed by atoms with Gasteiger partial charge in [0.1, 0.15) is 0 Å². The zero-order valence-corrected chi connectivity index (χ0v) is 17.6. The van der Waals surface area contributed by atoms with Crippen LogP contribution in [0.2, 0.25) is 0 Å². The van der Waals surface area contributed by atoms with Gasteiger partial charge in [0.15, 0.2) is 0 Å². The zero-order chi connectivity index (χ0) is 20.2. The van der Waals surface area contributed by atoms with E-state index in [1.54, 1.807) is 0 Å². The van der Waals surface area contributed by atoms with Gasteiger partial charge in [-0.2, -0.15) is 0 Å². The first-order valence-electron chi connectivity index (χ1n) is 10.9. The van der Waals surface area contributed by atoms with E-state index in [1.807, 2.05) is 0 Å². The number of hydrogen-bond acceptors (Lipinski definition) is 4. The first-order chi connectivity index (χ1) is 13.7. The quantitative estimate of drug-likeness (QED) is 0.310. The molecule has 0 saturated carbocycles. The minimum atomic E-state index is -0.284. The minimum Gasteiger partial charge on any atom is -0.469 e. The van der Waals surface area contributed by atoms with E-state index in [0.717, 1.165) is 38.6 Å². The predicted octanol–water partition coefficient (Wildman–Crippen LogP) is 5.04. The Morgan fingerprint density at radius 3 is 2.68 bits per heavy atom. The second-order valence-corrected chi connectivity index (χ2v) is 7.77. The molecule has 28 heavy (non-hydrogen) atoms. The summed E-state index contributed by atoms with van der Waals surface area (Å²) < 4.78 is 4.65. The minimum absolute atomic E-state index is 0.132. The van der Waals surface area contributed by atoms with E-state index >= 15 is 0 Å². The van der Waals surface area contributed by atoms with Crippen LogP contribution >= 0.6 is 0 Å². The van der Waals surface area contributed by atoms with Crippen molar-refractivity contribution >= 4 is 11.7 Å². The number of nitrogens with zero attached hydrogens (tertiary/aromatic N) is 1. The molecule has 0 amide bonds. The number of aliphatic hydroxyl groups excluding tert-OH is 1. The Kier molecular flexibility index (Phi) is 10.1. The van der Waals surface area contributed by atoms with Crippen molar-refractivity contribution in [2.75, 3.05) is 18.6 Å². The van der Waals surface area contributed by atoms with Crippen LogP contribution in [0.25, 0.3) is 0 Å². The second-order valence-electron chi connectivity index (χ2n) is 7.77. The average molecular weight is 388 g/mol. The topological polar surface area (TPSA) is 49.8 Å². The molecule has 1 aliphatic heterocycles. The number of aryl methyl sites for hydroxylation is 1. The molecule has 1 saturated heterocycles. The fraction of sp³-hybridized carbons (Fsp3) is 0.625. The van der Waals surface area contributed by atoms with Crippen molar-refractivity contribution in [3.63, 3.8) is 0 Å². The second kappa shape index (κ2) is 12.6. The first kappa shape index (κ1) is 22.5. The molecular weight excluding hydrogens is 350 g/mol. The summed E-state index contributed by atoms with van der Waals surface area (Å²) in [5.74, 6) is -0.153. The van der Waals surface area contributed by atoms with Gasteiger partial charge in [-0.1, -0.05) is 50.5 Å². The molecular formula is C24H37NO3. The van der Waals surface area contributed by atoms with Crippen LogP contribution in [-0.4, -0.2) is 36.9 Å². The third-order valence-corrected chi connectivity index (χ3v) is 5.62. The van der Waals surface area contributed by atoms with Gasteiger partial charge >= 0.3 is 5.97 Å². The van der Waals surface area contributed by atoms with Gasteiger partial charge < -0.3 is 14.7 Å². The molecule has 1 aromatic rings. The van der Waals surface area contributed by atoms with Crippen LogP contribution in [-0.2, 0) is 16.0 Å². The van der Waals surface area contributed by atoms with E-state index in [0.29, 0.717) is 6.42 Å². The number of hydrogen-bond donors (Lipinski definition) is 1. The maximum absolute atomic E-state index is 11.1. The highest BCUT2D eigenvalue weighted by Gasteiger charge is 2.31. The summed E-state index contributed by atoms with van der Waals surface area (Å²) in [5.41, 5.74) is 2.61. The molecule has 4 heteroatoms. The number of carbonyl (C=O) groups excluding carboxylic acids is 1. The van der Waals surface area contributed by atoms with Gasteiger partial charge in [0, 0.05) is 18.7 Å². The Morgan fingerprint density at radius 2 is 1.96 bits per heavy atom. The van der Waals surface area contributed by atoms with E-state index < -0.39 is 0 Å². The lowest BCUT2D eigenvalue weighted by Crippen LogP contribution is -2.34. The summed E-state index contributed by atoms with van der Waals surface area (Å²) in [4.78, 5) is 13.5. The summed E-state index contributed by atoms with van der Waals surface area (Å²) in [6.07, 6.45) is 14.1. The highest BCUT2D eigenvalue weighted by Crippen LogP contribution is 2.28. The monoisotopic (exact) mass is 387 g/mol. The number of ether oxygens (including phenoxy) is 1. The van der Waals surface area contributed by atoms with Crippen molar-refractivity contribution in [3.05, 3.63) is 42.0 Å². The van der Waals surface area contributed by atoms with E-state index in [-0.39, 0.29) is 18.1 Å². The summed E-state index contributed by atoms with van der Waals surface area (Å²) >= 11 is 0. The van der Waals surface area contributed by atoms with Crippen LogP contribution in [0.4, 0.5) is 5.69 Å². The maximum Gasteiger partial charge on any atom is 0.305 e. The lowest BCUT2D eigenvalue weighted by Gasteiger charge is -2.27. The van der Waals surface area contributed by atoms with E-state index in [9.17, 15) is 9.90 Å². The molecule has 1 fully saturated rings. The van der Waals surface area contributed by atoms with Gasteiger partial charge in [-0.05, 0) is 56.2 Å². The van der Waals surface area contributed by atoms with E-state index in [1.165, 1.54) is 44.0 Å². The fourth-order valence-electron chi connectivity index (χ4n) is 3.87. The Hall–Kier alpha value is -1.81. The molecule has 1 unspecified atom stereocenters. The van der Waals surface area contributed by atoms with Gasteiger partial charge in [-0.25, -0.2) is 0 Å². The number of aliphatic hydroxyl groups is 1. The molecule has 0 bridgehead atoms. The lowest BCUT2D eigenvalue weighted by molar-refractivity contribution is -0.140. The van der Waals surface area contributed by atoms with Gasteiger partial charge in [-0.15, -0.1) is 0 Å². The Morgan fingerprint density at radius 1 is 1.18 bits per heavy atom. The van der Waals surface area contributed by atoms with Crippen LogP contribution in [0.1, 0.15) is 70.3 Å². The molecule has 1 aliphatic rings. The Labute approximate surface area is 170 Å². The molecule has 1 N–H and O–H groups in total. The van der Waals surface area contributed by atoms with Crippen LogP contribution in [0.3, 0.4) is 0 Å². The predicted molar refractivity (Wildman–Crippen MR) is 116 cm³/mol. The molecule has 0 spiro atoms. The summed E-state index contributed by atoms with van der Waals surface area (Å²) in [5, 5.41) is 10.4. The van der Waals surface area contributed by atoms with Crippen LogP contribution in [0.15, 0.2) is 36.4 Å². The standard InChI is InChI=1S/C24H37NO3/c1-3-4-5-8-11-20-14-16-21(17-15-20)25-19-18-23(26)22(25)12-9-6-7-10-13-24(27)28-2/h6,9,14-17,22-23,26H,3-5,7-8,10-13,18-19H2,1-2H3/b9-6-/t22?,23-/m0/s1. The molecule has 2 atom stereocenters. The van der Waals surface area contributed by atoms with E-state index in [4.69, 9.17) is 0 Å². The number of benzene rings is 1. The third-order valence-electron chi connectivity index (χ3n) is 5.62. The molecule has 0 radical (unpaired) electrons. The molecule has 4 nitrogen and oxygen atoms in total. The van der Waals surface area contributed by atoms with Crippen molar-refractivity contribution in [1.82, 2.24) is 0 Å². The smallest absolute Gasteiger partial charge is 0.305 e. The van der Waals surface area contributed by atoms with Gasteiger partial charge in [0.2, 0.25) is 0 Å². The fourth-order valence-corrected chi connectivity index (χ4v) is 3.87. The summed E-state index contributed by atoms with van der Waals surface area (Å²) in [6, 6.07) is 9.03. The van der Waals surface area contributed by atoms with Crippen molar-refractivity contribution in [2.45, 2.75) is 83.3 Å². The Balaban J connectivity index is 1.82. The van der Waals surface area contributed by atoms with Gasteiger partial charge in [0.05, 0.1) is 19.3 Å². The maximum atomic E-state index is 11.1. The number of carbonyl (C=O) groups is 1. The number of esters is 1. The van der Waals surface area contributed by atoms with Crippen molar-refractivity contribution in [2.24, 2.45) is 0 Å². The van der Waals surface area contributed by atoms with Gasteiger partial charge in [-0.3, -0.25) is 4.79 Å². The summed E-state index contributed by atoms with van der Waals surface area (Å²) in [7, 11) is 1.42. The molecule has 2 rings (SSSR count). The van der Waals surface area contributed by atoms with Gasteiger partial charge in [0.25, 0.3) is 0 Å². The number of rotatable bonds is 12. The zero-order valence-electron chi connectivity index (χ0n) is 17.6. The van der Waals surface area contributed by atoms with Crippen LogP contribution in [0, 0.1) is 0 Å². The SMILES string of the molecule is CCCCCCc1ccc(N2CC[C@H](O)C2C/C=C\CCCC(=O)OC)cc1. The largest absolute Gasteiger partial charge is 0.469 e. The lowest BCUT2D eigenvalue weighted by atomic mass is 10.0. The number of anilines is 1. The van der Waals surface area contributed by atoms with Crippen molar-refractivity contribution in [1.29, 1.82) is 0 Å². The molecule has 0 aliphatic carbocycles. The molecule has 1 aromatic carbocycles. The van der Waals surface area contributed by atoms with Crippen molar-refractivity contribution in [3.8, 4) is 0 Å². The third kappa shape index (κ3) is 7.31. The number of unbranched alkanes of at least 4 members (excludes halogenated alkanes) is 4. The van der Waals surface area contributed by atoms with E-state index in [2.05, 4.69) is 53.0 Å². The summed E-state index contributed by atoms with van der Waals surface area (Å²) in [6.45, 7) is 3.14. The molecule has 0 aromatic heterocycles. The Bertz CT molecular complexity index is 596. The molecule has 1 heterocycles. The average Bonchev–Trinajstić information content (AvgIpc) is 3.08. The normalized spacial score (nSPS) is 19.5. The first-order valence-corrected chi connectivity index (χ1v) is 10.9. The highest BCUT2D eigenvalue weighted by molar-refractivity contribution is 5.69. The van der Waals surface area contributed by atoms with Crippen LogP contribution < -0.4 is 4.90 Å². The highest BCUT2D eigenvalue weighted by atomic mass is 16.5.